The number of rotatable bonds is 3. The number of aromatic nitrogens is 4. The summed E-state index contributed by atoms with van der Waals surface area (Å²) in [4.78, 5) is 20.0. The van der Waals surface area contributed by atoms with Crippen LogP contribution in [0.5, 0.6) is 0 Å². The number of pyridine rings is 2. The van der Waals surface area contributed by atoms with Gasteiger partial charge in [-0.1, -0.05) is 17.4 Å². The van der Waals surface area contributed by atoms with Gasteiger partial charge in [0.05, 0.1) is 0 Å². The second-order valence-electron chi connectivity index (χ2n) is 4.45. The van der Waals surface area contributed by atoms with Crippen molar-refractivity contribution in [3.63, 3.8) is 0 Å². The van der Waals surface area contributed by atoms with Crippen LogP contribution in [-0.2, 0) is 0 Å². The molecule has 0 aliphatic rings. The molecule has 0 atom stereocenters. The third-order valence-electron chi connectivity index (χ3n) is 2.71. The van der Waals surface area contributed by atoms with Gasteiger partial charge in [-0.2, -0.15) is 0 Å². The van der Waals surface area contributed by atoms with E-state index in [1.165, 1.54) is 11.3 Å². The minimum atomic E-state index is -0.412. The lowest BCUT2D eigenvalue weighted by Crippen LogP contribution is -2.19. The molecule has 7 nitrogen and oxygen atoms in total. The zero-order valence-corrected chi connectivity index (χ0v) is 12.5. The van der Waals surface area contributed by atoms with Gasteiger partial charge in [-0.25, -0.2) is 9.78 Å². The fourth-order valence-corrected chi connectivity index (χ4v) is 2.39. The number of hydrogen-bond donors (Lipinski definition) is 2. The summed E-state index contributed by atoms with van der Waals surface area (Å²) < 4.78 is 0. The van der Waals surface area contributed by atoms with Crippen LogP contribution in [-0.4, -0.2) is 26.2 Å². The van der Waals surface area contributed by atoms with Crippen molar-refractivity contribution in [2.45, 2.75) is 6.92 Å². The molecule has 0 unspecified atom stereocenters. The maximum atomic E-state index is 11.9. The van der Waals surface area contributed by atoms with Gasteiger partial charge in [-0.3, -0.25) is 15.6 Å². The number of amides is 2. The first kappa shape index (κ1) is 14.1. The van der Waals surface area contributed by atoms with E-state index in [2.05, 4.69) is 30.8 Å². The van der Waals surface area contributed by atoms with Crippen LogP contribution in [0.1, 0.15) is 5.56 Å². The van der Waals surface area contributed by atoms with Gasteiger partial charge in [-0.05, 0) is 30.7 Å². The van der Waals surface area contributed by atoms with E-state index in [-0.39, 0.29) is 0 Å². The Bertz CT molecular complexity index is 772. The summed E-state index contributed by atoms with van der Waals surface area (Å²) in [7, 11) is 0. The molecule has 2 amide bonds. The van der Waals surface area contributed by atoms with Crippen molar-refractivity contribution in [1.29, 1.82) is 0 Å². The van der Waals surface area contributed by atoms with Gasteiger partial charge < -0.3 is 0 Å². The van der Waals surface area contributed by atoms with Gasteiger partial charge in [-0.15, -0.1) is 10.2 Å². The smallest absolute Gasteiger partial charge is 0.292 e. The highest BCUT2D eigenvalue weighted by Crippen LogP contribution is 2.25. The first-order chi connectivity index (χ1) is 10.7. The highest BCUT2D eigenvalue weighted by Gasteiger charge is 2.10. The van der Waals surface area contributed by atoms with E-state index >= 15 is 0 Å². The average molecular weight is 312 g/mol. The number of urea groups is 1. The van der Waals surface area contributed by atoms with E-state index in [9.17, 15) is 4.79 Å². The van der Waals surface area contributed by atoms with Crippen molar-refractivity contribution >= 4 is 28.3 Å². The molecule has 3 heterocycles. The Morgan fingerprint density at radius 3 is 2.77 bits per heavy atom. The van der Waals surface area contributed by atoms with E-state index in [0.717, 1.165) is 11.1 Å². The van der Waals surface area contributed by atoms with Crippen molar-refractivity contribution in [2.75, 3.05) is 10.6 Å². The molecular formula is C14H12N6OS. The lowest BCUT2D eigenvalue weighted by atomic mass is 10.3. The van der Waals surface area contributed by atoms with Gasteiger partial charge in [0, 0.05) is 24.2 Å². The van der Waals surface area contributed by atoms with Gasteiger partial charge in [0.15, 0.2) is 5.01 Å². The van der Waals surface area contributed by atoms with Crippen LogP contribution in [0.2, 0.25) is 0 Å². The maximum absolute atomic E-state index is 11.9. The standard InChI is InChI=1S/C14H12N6OS/c1-9-4-5-11(16-7-9)17-13(21)18-14-20-19-12(22-14)10-3-2-6-15-8-10/h2-8H,1H3,(H2,16,17,18,20,21). The third-order valence-corrected chi connectivity index (χ3v) is 3.59. The molecule has 0 spiro atoms. The number of nitrogens with zero attached hydrogens (tertiary/aromatic N) is 4. The molecule has 3 aromatic heterocycles. The SMILES string of the molecule is Cc1ccc(NC(=O)Nc2nnc(-c3cccnc3)s2)nc1. The van der Waals surface area contributed by atoms with Crippen molar-refractivity contribution in [2.24, 2.45) is 0 Å². The van der Waals surface area contributed by atoms with Crippen LogP contribution in [0.15, 0.2) is 42.9 Å². The zero-order valence-electron chi connectivity index (χ0n) is 11.6. The second-order valence-corrected chi connectivity index (χ2v) is 5.43. The molecule has 0 saturated heterocycles. The number of hydrogen-bond acceptors (Lipinski definition) is 6. The highest BCUT2D eigenvalue weighted by molar-refractivity contribution is 7.18. The zero-order chi connectivity index (χ0) is 15.4. The number of aryl methyl sites for hydroxylation is 1. The van der Waals surface area contributed by atoms with E-state index < -0.39 is 6.03 Å². The summed E-state index contributed by atoms with van der Waals surface area (Å²) in [5, 5.41) is 14.3. The summed E-state index contributed by atoms with van der Waals surface area (Å²) >= 11 is 1.27. The Hall–Kier alpha value is -2.87. The van der Waals surface area contributed by atoms with Gasteiger partial charge in [0.1, 0.15) is 5.82 Å². The molecule has 110 valence electrons. The summed E-state index contributed by atoms with van der Waals surface area (Å²) in [6.07, 6.45) is 5.06. The lowest BCUT2D eigenvalue weighted by molar-refractivity contribution is 0.262. The fraction of sp³-hybridized carbons (Fsp3) is 0.0714. The topological polar surface area (TPSA) is 92.7 Å². The molecule has 2 N–H and O–H groups in total. The number of carbonyl (C=O) groups is 1. The molecule has 3 rings (SSSR count). The first-order valence-corrected chi connectivity index (χ1v) is 7.27. The average Bonchev–Trinajstić information content (AvgIpc) is 2.99. The van der Waals surface area contributed by atoms with Crippen LogP contribution >= 0.6 is 11.3 Å². The molecular weight excluding hydrogens is 300 g/mol. The second kappa shape index (κ2) is 6.27. The largest absolute Gasteiger partial charge is 0.326 e. The first-order valence-electron chi connectivity index (χ1n) is 6.45. The van der Waals surface area contributed by atoms with E-state index in [1.54, 1.807) is 24.7 Å². The molecule has 22 heavy (non-hydrogen) atoms. The van der Waals surface area contributed by atoms with E-state index in [4.69, 9.17) is 0 Å². The Kier molecular flexibility index (Phi) is 4.01. The molecule has 0 aliphatic carbocycles. The van der Waals surface area contributed by atoms with Crippen LogP contribution in [0, 0.1) is 6.92 Å². The molecule has 0 aromatic carbocycles. The van der Waals surface area contributed by atoms with Crippen molar-refractivity contribution in [3.8, 4) is 10.6 Å². The van der Waals surface area contributed by atoms with Gasteiger partial charge in [0.2, 0.25) is 5.13 Å². The Morgan fingerprint density at radius 2 is 2.05 bits per heavy atom. The quantitative estimate of drug-likeness (QED) is 0.775. The van der Waals surface area contributed by atoms with Crippen molar-refractivity contribution < 1.29 is 4.79 Å². The predicted molar refractivity (Wildman–Crippen MR) is 84.8 cm³/mol. The summed E-state index contributed by atoms with van der Waals surface area (Å²) in [6.45, 7) is 1.93. The number of carbonyl (C=O) groups excluding carboxylic acids is 1. The minimum Gasteiger partial charge on any atom is -0.292 e. The summed E-state index contributed by atoms with van der Waals surface area (Å²) in [5.74, 6) is 0.472. The van der Waals surface area contributed by atoms with Crippen LogP contribution in [0.25, 0.3) is 10.6 Å². The predicted octanol–water partition coefficient (Wildman–Crippen LogP) is 2.95. The molecule has 0 fully saturated rings. The Labute approximate surface area is 130 Å². The summed E-state index contributed by atoms with van der Waals surface area (Å²) in [5.41, 5.74) is 1.88. The maximum Gasteiger partial charge on any atom is 0.326 e. The van der Waals surface area contributed by atoms with Crippen LogP contribution < -0.4 is 10.6 Å². The molecule has 0 bridgehead atoms. The normalized spacial score (nSPS) is 10.2. The Balaban J connectivity index is 1.65. The highest BCUT2D eigenvalue weighted by atomic mass is 32.1. The minimum absolute atomic E-state index is 0.406. The fourth-order valence-electron chi connectivity index (χ4n) is 1.67. The summed E-state index contributed by atoms with van der Waals surface area (Å²) in [6, 6.07) is 6.89. The number of nitrogens with one attached hydrogen (secondary N) is 2. The molecule has 0 saturated carbocycles. The third kappa shape index (κ3) is 3.41. The van der Waals surface area contributed by atoms with E-state index in [0.29, 0.717) is 16.0 Å². The van der Waals surface area contributed by atoms with Crippen molar-refractivity contribution in [1.82, 2.24) is 20.2 Å². The van der Waals surface area contributed by atoms with Gasteiger partial charge in [0.25, 0.3) is 0 Å². The monoisotopic (exact) mass is 312 g/mol. The lowest BCUT2D eigenvalue weighted by Gasteiger charge is -2.03. The number of anilines is 2. The van der Waals surface area contributed by atoms with Crippen LogP contribution in [0.4, 0.5) is 15.7 Å². The van der Waals surface area contributed by atoms with E-state index in [1.807, 2.05) is 25.1 Å². The van der Waals surface area contributed by atoms with Crippen LogP contribution in [0.3, 0.4) is 0 Å². The molecule has 3 aromatic rings. The Morgan fingerprint density at radius 1 is 1.14 bits per heavy atom. The molecule has 8 heteroatoms. The van der Waals surface area contributed by atoms with Crippen molar-refractivity contribution in [3.05, 3.63) is 48.4 Å². The van der Waals surface area contributed by atoms with Gasteiger partial charge >= 0.3 is 6.03 Å². The molecule has 0 aliphatic heterocycles. The molecule has 0 radical (unpaired) electrons.